The predicted octanol–water partition coefficient (Wildman–Crippen LogP) is 3.71. The van der Waals surface area contributed by atoms with Gasteiger partial charge in [0.15, 0.2) is 11.6 Å². The Morgan fingerprint density at radius 2 is 1.83 bits per heavy atom. The van der Waals surface area contributed by atoms with Gasteiger partial charge in [-0.05, 0) is 42.0 Å². The van der Waals surface area contributed by atoms with Crippen LogP contribution in [-0.4, -0.2) is 31.6 Å². The van der Waals surface area contributed by atoms with Crippen LogP contribution < -0.4 is 9.47 Å². The van der Waals surface area contributed by atoms with E-state index in [9.17, 15) is 18.0 Å². The van der Waals surface area contributed by atoms with Crippen LogP contribution in [0.1, 0.15) is 15.9 Å². The summed E-state index contributed by atoms with van der Waals surface area (Å²) in [6.07, 6.45) is 0. The first-order valence-corrected chi connectivity index (χ1v) is 7.03. The van der Waals surface area contributed by atoms with E-state index in [1.54, 1.807) is 13.1 Å². The lowest BCUT2D eigenvalue weighted by molar-refractivity contribution is -0.0498. The Kier molecular flexibility index (Phi) is 5.68. The highest BCUT2D eigenvalue weighted by atomic mass is 19.3. The fourth-order valence-corrected chi connectivity index (χ4v) is 2.15. The van der Waals surface area contributed by atoms with Gasteiger partial charge in [0, 0.05) is 19.2 Å². The largest absolute Gasteiger partial charge is 0.494 e. The Balaban J connectivity index is 2.05. The molecule has 0 unspecified atom stereocenters. The molecule has 0 N–H and O–H groups in total. The summed E-state index contributed by atoms with van der Waals surface area (Å²) in [5.41, 5.74) is 0.912. The third kappa shape index (κ3) is 4.41. The first-order valence-electron chi connectivity index (χ1n) is 7.03. The Hall–Kier alpha value is -2.70. The molecule has 0 radical (unpaired) electrons. The Morgan fingerprint density at radius 1 is 1.17 bits per heavy atom. The molecule has 24 heavy (non-hydrogen) atoms. The van der Waals surface area contributed by atoms with Gasteiger partial charge >= 0.3 is 6.61 Å². The summed E-state index contributed by atoms with van der Waals surface area (Å²) in [4.78, 5) is 13.7. The highest BCUT2D eigenvalue weighted by Crippen LogP contribution is 2.20. The van der Waals surface area contributed by atoms with E-state index >= 15 is 0 Å². The van der Waals surface area contributed by atoms with Crippen LogP contribution in [0, 0.1) is 5.82 Å². The molecule has 4 nitrogen and oxygen atoms in total. The van der Waals surface area contributed by atoms with Gasteiger partial charge in [-0.3, -0.25) is 4.79 Å². The first-order chi connectivity index (χ1) is 11.4. The third-order valence-electron chi connectivity index (χ3n) is 3.31. The van der Waals surface area contributed by atoms with Gasteiger partial charge in [0.2, 0.25) is 0 Å². The van der Waals surface area contributed by atoms with Gasteiger partial charge in [0.25, 0.3) is 5.91 Å². The normalized spacial score (nSPS) is 10.6. The smallest absolute Gasteiger partial charge is 0.387 e. The molecule has 0 fully saturated rings. The van der Waals surface area contributed by atoms with Gasteiger partial charge in [0.05, 0.1) is 7.11 Å². The zero-order chi connectivity index (χ0) is 17.7. The monoisotopic (exact) mass is 339 g/mol. The van der Waals surface area contributed by atoms with E-state index in [1.807, 2.05) is 0 Å². The van der Waals surface area contributed by atoms with E-state index in [0.717, 1.165) is 0 Å². The van der Waals surface area contributed by atoms with Gasteiger partial charge in [-0.1, -0.05) is 6.07 Å². The van der Waals surface area contributed by atoms with Crippen LogP contribution in [0.3, 0.4) is 0 Å². The maximum absolute atomic E-state index is 13.7. The van der Waals surface area contributed by atoms with E-state index in [2.05, 4.69) is 4.74 Å². The zero-order valence-corrected chi connectivity index (χ0v) is 13.1. The van der Waals surface area contributed by atoms with Crippen LogP contribution in [0.2, 0.25) is 0 Å². The second kappa shape index (κ2) is 7.72. The molecule has 0 atom stereocenters. The van der Waals surface area contributed by atoms with E-state index < -0.39 is 12.4 Å². The minimum atomic E-state index is -2.92. The molecule has 0 aliphatic heterocycles. The lowest BCUT2D eigenvalue weighted by Crippen LogP contribution is -2.26. The van der Waals surface area contributed by atoms with Crippen molar-refractivity contribution in [1.82, 2.24) is 4.90 Å². The molecule has 1 amide bonds. The van der Waals surface area contributed by atoms with Crippen LogP contribution in [0.15, 0.2) is 42.5 Å². The van der Waals surface area contributed by atoms with Crippen molar-refractivity contribution in [2.75, 3.05) is 14.2 Å². The molecule has 0 aliphatic carbocycles. The van der Waals surface area contributed by atoms with Crippen molar-refractivity contribution in [3.63, 3.8) is 0 Å². The van der Waals surface area contributed by atoms with Crippen LogP contribution >= 0.6 is 0 Å². The highest BCUT2D eigenvalue weighted by molar-refractivity contribution is 5.94. The van der Waals surface area contributed by atoms with Crippen LogP contribution in [0.5, 0.6) is 11.5 Å². The molecule has 2 aromatic carbocycles. The number of hydrogen-bond donors (Lipinski definition) is 0. The number of hydrogen-bond acceptors (Lipinski definition) is 3. The third-order valence-corrected chi connectivity index (χ3v) is 3.31. The number of benzene rings is 2. The number of carbonyl (C=O) groups excluding carboxylic acids is 1. The Morgan fingerprint density at radius 3 is 2.38 bits per heavy atom. The minimum absolute atomic E-state index is 0.0265. The Bertz CT molecular complexity index is 705. The molecule has 0 saturated heterocycles. The second-order valence-corrected chi connectivity index (χ2v) is 5.03. The fraction of sp³-hybridized carbons (Fsp3) is 0.235. The predicted molar refractivity (Wildman–Crippen MR) is 81.8 cm³/mol. The standard InChI is InChI=1S/C17H16F3NO3/c1-21(10-11-3-8-15(23-2)14(18)9-11)16(22)12-4-6-13(7-5-12)24-17(19)20/h3-9,17H,10H2,1-2H3. The number of carbonyl (C=O) groups is 1. The fourth-order valence-electron chi connectivity index (χ4n) is 2.15. The van der Waals surface area contributed by atoms with Crippen molar-refractivity contribution in [2.24, 2.45) is 0 Å². The first kappa shape index (κ1) is 17.7. The summed E-state index contributed by atoms with van der Waals surface area (Å²) in [5.74, 6) is -0.733. The van der Waals surface area contributed by atoms with Crippen molar-refractivity contribution >= 4 is 5.91 Å². The van der Waals surface area contributed by atoms with Crippen molar-refractivity contribution < 1.29 is 27.4 Å². The molecule has 128 valence electrons. The summed E-state index contributed by atoms with van der Waals surface area (Å²) in [5, 5.41) is 0. The molecule has 2 rings (SSSR count). The number of ether oxygens (including phenoxy) is 2. The molecule has 2 aromatic rings. The quantitative estimate of drug-likeness (QED) is 0.805. The lowest BCUT2D eigenvalue weighted by atomic mass is 10.1. The van der Waals surface area contributed by atoms with Crippen molar-refractivity contribution in [3.8, 4) is 11.5 Å². The van der Waals surface area contributed by atoms with E-state index in [-0.39, 0.29) is 24.0 Å². The topological polar surface area (TPSA) is 38.8 Å². The van der Waals surface area contributed by atoms with Crippen molar-refractivity contribution in [2.45, 2.75) is 13.2 Å². The van der Waals surface area contributed by atoms with Gasteiger partial charge in [-0.25, -0.2) is 4.39 Å². The summed E-state index contributed by atoms with van der Waals surface area (Å²) in [6.45, 7) is -2.73. The molecular formula is C17H16F3NO3. The number of rotatable bonds is 6. The number of nitrogens with zero attached hydrogens (tertiary/aromatic N) is 1. The zero-order valence-electron chi connectivity index (χ0n) is 13.1. The molecule has 0 saturated carbocycles. The summed E-state index contributed by atoms with van der Waals surface area (Å²) < 4.78 is 46.9. The maximum atomic E-state index is 13.7. The molecular weight excluding hydrogens is 323 g/mol. The van der Waals surface area contributed by atoms with Gasteiger partial charge < -0.3 is 14.4 Å². The SMILES string of the molecule is COc1ccc(CN(C)C(=O)c2ccc(OC(F)F)cc2)cc1F. The van der Waals surface area contributed by atoms with Crippen LogP contribution in [-0.2, 0) is 6.54 Å². The van der Waals surface area contributed by atoms with E-state index in [1.165, 1.54) is 48.4 Å². The van der Waals surface area contributed by atoms with Crippen molar-refractivity contribution in [3.05, 3.63) is 59.4 Å². The minimum Gasteiger partial charge on any atom is -0.494 e. The van der Waals surface area contributed by atoms with Gasteiger partial charge in [0.1, 0.15) is 5.75 Å². The average Bonchev–Trinajstić information content (AvgIpc) is 2.54. The molecule has 7 heteroatoms. The molecule has 0 spiro atoms. The second-order valence-electron chi connectivity index (χ2n) is 5.03. The Labute approximate surface area is 137 Å². The molecule has 0 aliphatic rings. The lowest BCUT2D eigenvalue weighted by Gasteiger charge is -2.18. The van der Waals surface area contributed by atoms with E-state index in [4.69, 9.17) is 4.74 Å². The molecule has 0 aromatic heterocycles. The number of amides is 1. The summed E-state index contributed by atoms with van der Waals surface area (Å²) >= 11 is 0. The number of alkyl halides is 2. The number of methoxy groups -OCH3 is 1. The summed E-state index contributed by atoms with van der Waals surface area (Å²) in [7, 11) is 2.93. The molecule has 0 bridgehead atoms. The summed E-state index contributed by atoms with van der Waals surface area (Å²) in [6, 6.07) is 9.81. The van der Waals surface area contributed by atoms with E-state index in [0.29, 0.717) is 11.1 Å². The van der Waals surface area contributed by atoms with Gasteiger partial charge in [-0.15, -0.1) is 0 Å². The highest BCUT2D eigenvalue weighted by Gasteiger charge is 2.14. The van der Waals surface area contributed by atoms with Crippen LogP contribution in [0.25, 0.3) is 0 Å². The molecule has 0 heterocycles. The maximum Gasteiger partial charge on any atom is 0.387 e. The average molecular weight is 339 g/mol. The number of halogens is 3. The van der Waals surface area contributed by atoms with Crippen LogP contribution in [0.4, 0.5) is 13.2 Å². The van der Waals surface area contributed by atoms with Gasteiger partial charge in [-0.2, -0.15) is 8.78 Å². The van der Waals surface area contributed by atoms with Crippen molar-refractivity contribution in [1.29, 1.82) is 0 Å².